The summed E-state index contributed by atoms with van der Waals surface area (Å²) in [5, 5.41) is 5.99. The number of likely N-dealkylation sites (tertiary alicyclic amines) is 1. The van der Waals surface area contributed by atoms with E-state index < -0.39 is 6.04 Å². The Morgan fingerprint density at radius 3 is 2.31 bits per heavy atom. The molecule has 0 bridgehead atoms. The molecule has 3 amide bonds. The van der Waals surface area contributed by atoms with Gasteiger partial charge in [0.15, 0.2) is 11.5 Å². The van der Waals surface area contributed by atoms with Gasteiger partial charge in [-0.05, 0) is 69.4 Å². The fourth-order valence-corrected chi connectivity index (χ4v) is 4.41. The minimum atomic E-state index is -0.666. The molecule has 8 heteroatoms. The van der Waals surface area contributed by atoms with Crippen LogP contribution < -0.4 is 20.1 Å². The molecular formula is C27H33N3O5. The molecule has 0 spiro atoms. The molecular weight excluding hydrogens is 446 g/mol. The van der Waals surface area contributed by atoms with Crippen LogP contribution in [0.25, 0.3) is 0 Å². The second-order valence-corrected chi connectivity index (χ2v) is 9.33. The minimum absolute atomic E-state index is 0.00829. The van der Waals surface area contributed by atoms with E-state index in [0.29, 0.717) is 48.6 Å². The topological polar surface area (TPSA) is 97.0 Å². The zero-order valence-electron chi connectivity index (χ0n) is 20.5. The van der Waals surface area contributed by atoms with Gasteiger partial charge in [-0.15, -0.1) is 0 Å². The van der Waals surface area contributed by atoms with E-state index in [1.165, 1.54) is 0 Å². The van der Waals surface area contributed by atoms with Crippen molar-refractivity contribution in [3.63, 3.8) is 0 Å². The number of carbonyl (C=O) groups excluding carboxylic acids is 3. The molecule has 8 nitrogen and oxygen atoms in total. The van der Waals surface area contributed by atoms with E-state index in [1.54, 1.807) is 35.2 Å². The zero-order valence-corrected chi connectivity index (χ0v) is 20.5. The standard InChI is InChI=1S/C27H33N3O5/c1-4-18(3)28-26(32)24(29-25(31)20-7-5-17(2)6-8-20)19-11-13-30(14-12-19)27(33)21-9-10-22-23(15-21)35-16-34-22/h5-10,15,18-19,24H,4,11-14,16H2,1-3H3,(H,28,32)(H,29,31)/t18-,24+/m0/s1. The van der Waals surface area contributed by atoms with Crippen molar-refractivity contribution >= 4 is 17.7 Å². The molecule has 35 heavy (non-hydrogen) atoms. The van der Waals surface area contributed by atoms with Crippen molar-refractivity contribution < 1.29 is 23.9 Å². The highest BCUT2D eigenvalue weighted by molar-refractivity contribution is 5.98. The van der Waals surface area contributed by atoms with Gasteiger partial charge in [0, 0.05) is 30.3 Å². The van der Waals surface area contributed by atoms with Gasteiger partial charge in [-0.3, -0.25) is 14.4 Å². The van der Waals surface area contributed by atoms with Crippen LogP contribution in [0.4, 0.5) is 0 Å². The fraction of sp³-hybridized carbons (Fsp3) is 0.444. The molecule has 2 atom stereocenters. The number of fused-ring (bicyclic) bond motifs is 1. The van der Waals surface area contributed by atoms with Gasteiger partial charge in [-0.1, -0.05) is 24.6 Å². The number of aryl methyl sites for hydroxylation is 1. The molecule has 2 aromatic rings. The first kappa shape index (κ1) is 24.6. The predicted molar refractivity (Wildman–Crippen MR) is 132 cm³/mol. The van der Waals surface area contributed by atoms with Crippen molar-refractivity contribution in [1.82, 2.24) is 15.5 Å². The Morgan fingerprint density at radius 2 is 1.63 bits per heavy atom. The number of rotatable bonds is 7. The third-order valence-electron chi connectivity index (χ3n) is 6.80. The number of nitrogens with one attached hydrogen (secondary N) is 2. The summed E-state index contributed by atoms with van der Waals surface area (Å²) in [6.45, 7) is 7.08. The minimum Gasteiger partial charge on any atom is -0.454 e. The third kappa shape index (κ3) is 5.75. The predicted octanol–water partition coefficient (Wildman–Crippen LogP) is 3.29. The van der Waals surface area contributed by atoms with Crippen LogP contribution in [0.2, 0.25) is 0 Å². The molecule has 2 heterocycles. The second kappa shape index (κ2) is 10.8. The van der Waals surface area contributed by atoms with Crippen molar-refractivity contribution in [2.45, 2.75) is 52.1 Å². The summed E-state index contributed by atoms with van der Waals surface area (Å²) in [7, 11) is 0. The number of nitrogens with zero attached hydrogens (tertiary/aromatic N) is 1. The molecule has 1 saturated heterocycles. The lowest BCUT2D eigenvalue weighted by Crippen LogP contribution is -2.55. The Morgan fingerprint density at radius 1 is 0.971 bits per heavy atom. The molecule has 0 radical (unpaired) electrons. The summed E-state index contributed by atoms with van der Waals surface area (Å²) in [4.78, 5) is 40.9. The maximum absolute atomic E-state index is 13.1. The van der Waals surface area contributed by atoms with Crippen molar-refractivity contribution in [3.8, 4) is 11.5 Å². The highest BCUT2D eigenvalue weighted by Crippen LogP contribution is 2.33. The number of ether oxygens (including phenoxy) is 2. The Hall–Kier alpha value is -3.55. The monoisotopic (exact) mass is 479 g/mol. The average molecular weight is 480 g/mol. The summed E-state index contributed by atoms with van der Waals surface area (Å²) in [5.74, 6) is 0.611. The maximum Gasteiger partial charge on any atom is 0.253 e. The van der Waals surface area contributed by atoms with E-state index in [4.69, 9.17) is 9.47 Å². The lowest BCUT2D eigenvalue weighted by molar-refractivity contribution is -0.125. The molecule has 4 rings (SSSR count). The van der Waals surface area contributed by atoms with Crippen LogP contribution in [0.3, 0.4) is 0 Å². The Labute approximate surface area is 206 Å². The molecule has 0 aliphatic carbocycles. The molecule has 2 N–H and O–H groups in total. The van der Waals surface area contributed by atoms with Gasteiger partial charge < -0.3 is 25.0 Å². The Kier molecular flexibility index (Phi) is 7.58. The van der Waals surface area contributed by atoms with Gasteiger partial charge in [0.05, 0.1) is 0 Å². The van der Waals surface area contributed by atoms with Crippen LogP contribution in [-0.4, -0.2) is 54.6 Å². The van der Waals surface area contributed by atoms with Crippen LogP contribution in [0.5, 0.6) is 11.5 Å². The van der Waals surface area contributed by atoms with Crippen molar-refractivity contribution in [3.05, 3.63) is 59.2 Å². The normalized spacial score (nSPS) is 16.9. The maximum atomic E-state index is 13.1. The number of benzene rings is 2. The van der Waals surface area contributed by atoms with Crippen LogP contribution in [-0.2, 0) is 4.79 Å². The number of hydrogen-bond donors (Lipinski definition) is 2. The molecule has 2 aliphatic heterocycles. The van der Waals surface area contributed by atoms with Crippen molar-refractivity contribution in [1.29, 1.82) is 0 Å². The molecule has 0 unspecified atom stereocenters. The SMILES string of the molecule is CC[C@H](C)NC(=O)[C@H](NC(=O)c1ccc(C)cc1)C1CCN(C(=O)c2ccc3c(c2)OCO3)CC1. The zero-order chi connectivity index (χ0) is 24.9. The van der Waals surface area contributed by atoms with Crippen LogP contribution in [0, 0.1) is 12.8 Å². The van der Waals surface area contributed by atoms with E-state index in [2.05, 4.69) is 10.6 Å². The summed E-state index contributed by atoms with van der Waals surface area (Å²) in [5.41, 5.74) is 2.13. The average Bonchev–Trinajstić information content (AvgIpc) is 3.35. The largest absolute Gasteiger partial charge is 0.454 e. The van der Waals surface area contributed by atoms with Crippen LogP contribution in [0.1, 0.15) is 59.4 Å². The van der Waals surface area contributed by atoms with Gasteiger partial charge in [-0.2, -0.15) is 0 Å². The van der Waals surface area contributed by atoms with E-state index in [9.17, 15) is 14.4 Å². The molecule has 2 aromatic carbocycles. The van der Waals surface area contributed by atoms with Gasteiger partial charge >= 0.3 is 0 Å². The number of hydrogen-bond acceptors (Lipinski definition) is 5. The molecule has 2 aliphatic rings. The van der Waals surface area contributed by atoms with Gasteiger partial charge in [0.25, 0.3) is 11.8 Å². The molecule has 0 saturated carbocycles. The second-order valence-electron chi connectivity index (χ2n) is 9.33. The van der Waals surface area contributed by atoms with Crippen molar-refractivity contribution in [2.75, 3.05) is 19.9 Å². The lowest BCUT2D eigenvalue weighted by Gasteiger charge is -2.36. The smallest absolute Gasteiger partial charge is 0.253 e. The van der Waals surface area contributed by atoms with Crippen molar-refractivity contribution in [2.24, 2.45) is 5.92 Å². The quantitative estimate of drug-likeness (QED) is 0.635. The first-order valence-electron chi connectivity index (χ1n) is 12.2. The van der Waals surface area contributed by atoms with E-state index in [0.717, 1.165) is 12.0 Å². The Bertz CT molecular complexity index is 1080. The summed E-state index contributed by atoms with van der Waals surface area (Å²) >= 11 is 0. The van der Waals surface area contributed by atoms with Gasteiger partial charge in [0.2, 0.25) is 12.7 Å². The first-order chi connectivity index (χ1) is 16.9. The van der Waals surface area contributed by atoms with E-state index >= 15 is 0 Å². The van der Waals surface area contributed by atoms with Crippen LogP contribution in [0.15, 0.2) is 42.5 Å². The van der Waals surface area contributed by atoms with Gasteiger partial charge in [-0.25, -0.2) is 0 Å². The first-order valence-corrected chi connectivity index (χ1v) is 12.2. The highest BCUT2D eigenvalue weighted by Gasteiger charge is 2.34. The lowest BCUT2D eigenvalue weighted by atomic mass is 9.88. The molecule has 1 fully saturated rings. The van der Waals surface area contributed by atoms with Crippen LogP contribution >= 0.6 is 0 Å². The summed E-state index contributed by atoms with van der Waals surface area (Å²) in [6, 6.07) is 11.8. The highest BCUT2D eigenvalue weighted by atomic mass is 16.7. The molecule has 0 aromatic heterocycles. The van der Waals surface area contributed by atoms with E-state index in [1.807, 2.05) is 32.9 Å². The summed E-state index contributed by atoms with van der Waals surface area (Å²) in [6.07, 6.45) is 2.03. The Balaban J connectivity index is 1.43. The number of carbonyl (C=O) groups is 3. The molecule has 186 valence electrons. The van der Waals surface area contributed by atoms with E-state index in [-0.39, 0.29) is 36.5 Å². The third-order valence-corrected chi connectivity index (χ3v) is 6.80. The van der Waals surface area contributed by atoms with Gasteiger partial charge in [0.1, 0.15) is 6.04 Å². The number of amides is 3. The summed E-state index contributed by atoms with van der Waals surface area (Å²) < 4.78 is 10.7. The fourth-order valence-electron chi connectivity index (χ4n) is 4.41. The number of piperidine rings is 1.